The number of nitrogens with one attached hydrogen (secondary N) is 1. The summed E-state index contributed by atoms with van der Waals surface area (Å²) in [5, 5.41) is 12.9. The van der Waals surface area contributed by atoms with Gasteiger partial charge in [-0.15, -0.1) is 12.4 Å². The van der Waals surface area contributed by atoms with Crippen LogP contribution in [-0.2, 0) is 0 Å². The van der Waals surface area contributed by atoms with E-state index in [1.807, 2.05) is 18.2 Å². The highest BCUT2D eigenvalue weighted by molar-refractivity contribution is 5.85. The Bertz CT molecular complexity index is 265. The molecular formula is C11H16ClNO. The van der Waals surface area contributed by atoms with E-state index in [-0.39, 0.29) is 18.5 Å². The van der Waals surface area contributed by atoms with Gasteiger partial charge >= 0.3 is 0 Å². The Labute approximate surface area is 90.7 Å². The number of aliphatic hydroxyl groups excluding tert-OH is 1. The number of hydrogen-bond donors (Lipinski definition) is 2. The van der Waals surface area contributed by atoms with Gasteiger partial charge in [0.2, 0.25) is 0 Å². The van der Waals surface area contributed by atoms with Gasteiger partial charge in [-0.2, -0.15) is 0 Å². The van der Waals surface area contributed by atoms with E-state index in [1.54, 1.807) is 0 Å². The van der Waals surface area contributed by atoms with Crippen molar-refractivity contribution >= 4 is 12.4 Å². The summed E-state index contributed by atoms with van der Waals surface area (Å²) < 4.78 is 0. The molecule has 0 radical (unpaired) electrons. The molecule has 1 heterocycles. The summed E-state index contributed by atoms with van der Waals surface area (Å²) in [6, 6.07) is 10.6. The van der Waals surface area contributed by atoms with Crippen LogP contribution in [0.4, 0.5) is 0 Å². The van der Waals surface area contributed by atoms with Gasteiger partial charge in [0.1, 0.15) is 0 Å². The fourth-order valence-corrected chi connectivity index (χ4v) is 1.84. The minimum absolute atomic E-state index is 0. The van der Waals surface area contributed by atoms with E-state index in [9.17, 15) is 5.11 Å². The third-order valence-corrected chi connectivity index (χ3v) is 2.58. The van der Waals surface area contributed by atoms with Crippen molar-refractivity contribution in [2.24, 2.45) is 0 Å². The number of rotatable bonds is 1. The van der Waals surface area contributed by atoms with E-state index >= 15 is 0 Å². The van der Waals surface area contributed by atoms with Crippen molar-refractivity contribution in [2.75, 3.05) is 6.54 Å². The molecule has 0 amide bonds. The second-order valence-corrected chi connectivity index (χ2v) is 3.60. The standard InChI is InChI=1S/C11H15NO.ClH/c13-10-6-7-12-11(8-10)9-4-2-1-3-5-9;/h1-5,10-13H,6-8H2;1H/t10-,11+;/m1./s1. The monoisotopic (exact) mass is 213 g/mol. The fourth-order valence-electron chi connectivity index (χ4n) is 1.84. The van der Waals surface area contributed by atoms with Gasteiger partial charge in [0, 0.05) is 6.04 Å². The van der Waals surface area contributed by atoms with Gasteiger partial charge in [0.05, 0.1) is 6.10 Å². The summed E-state index contributed by atoms with van der Waals surface area (Å²) in [6.07, 6.45) is 1.58. The summed E-state index contributed by atoms with van der Waals surface area (Å²) in [7, 11) is 0. The molecule has 2 atom stereocenters. The predicted octanol–water partition coefficient (Wildman–Crippen LogP) is 1.89. The van der Waals surface area contributed by atoms with Crippen LogP contribution in [0.25, 0.3) is 0 Å². The normalized spacial score (nSPS) is 26.6. The molecule has 1 aromatic carbocycles. The van der Waals surface area contributed by atoms with Gasteiger partial charge < -0.3 is 10.4 Å². The molecule has 1 aliphatic heterocycles. The predicted molar refractivity (Wildman–Crippen MR) is 59.7 cm³/mol. The second-order valence-electron chi connectivity index (χ2n) is 3.60. The van der Waals surface area contributed by atoms with Crippen LogP contribution in [0.5, 0.6) is 0 Å². The Morgan fingerprint density at radius 2 is 1.93 bits per heavy atom. The number of hydrogen-bond acceptors (Lipinski definition) is 2. The highest BCUT2D eigenvalue weighted by atomic mass is 35.5. The first kappa shape index (κ1) is 11.5. The van der Waals surface area contributed by atoms with E-state index in [0.29, 0.717) is 6.04 Å². The summed E-state index contributed by atoms with van der Waals surface area (Å²) in [5.74, 6) is 0. The molecule has 14 heavy (non-hydrogen) atoms. The van der Waals surface area contributed by atoms with Crippen LogP contribution in [-0.4, -0.2) is 17.8 Å². The highest BCUT2D eigenvalue weighted by Crippen LogP contribution is 2.22. The van der Waals surface area contributed by atoms with Crippen molar-refractivity contribution in [1.29, 1.82) is 0 Å². The third-order valence-electron chi connectivity index (χ3n) is 2.58. The molecule has 3 heteroatoms. The minimum Gasteiger partial charge on any atom is -0.393 e. The fraction of sp³-hybridized carbons (Fsp3) is 0.455. The summed E-state index contributed by atoms with van der Waals surface area (Å²) in [6.45, 7) is 0.917. The highest BCUT2D eigenvalue weighted by Gasteiger charge is 2.20. The molecule has 1 aromatic rings. The molecule has 0 unspecified atom stereocenters. The van der Waals surface area contributed by atoms with E-state index in [0.717, 1.165) is 19.4 Å². The molecule has 0 bridgehead atoms. The van der Waals surface area contributed by atoms with Crippen molar-refractivity contribution in [2.45, 2.75) is 25.0 Å². The van der Waals surface area contributed by atoms with Crippen LogP contribution >= 0.6 is 12.4 Å². The number of aliphatic hydroxyl groups is 1. The van der Waals surface area contributed by atoms with Gasteiger partial charge in [-0.1, -0.05) is 30.3 Å². The largest absolute Gasteiger partial charge is 0.393 e. The average Bonchev–Trinajstić information content (AvgIpc) is 2.19. The van der Waals surface area contributed by atoms with Crippen LogP contribution in [0, 0.1) is 0 Å². The van der Waals surface area contributed by atoms with E-state index < -0.39 is 0 Å². The Balaban J connectivity index is 0.000000980. The molecular weight excluding hydrogens is 198 g/mol. The van der Waals surface area contributed by atoms with Gasteiger partial charge in [-0.05, 0) is 24.9 Å². The van der Waals surface area contributed by atoms with Crippen molar-refractivity contribution in [3.05, 3.63) is 35.9 Å². The molecule has 0 aliphatic carbocycles. The first-order chi connectivity index (χ1) is 6.36. The van der Waals surface area contributed by atoms with Gasteiger partial charge in [0.15, 0.2) is 0 Å². The van der Waals surface area contributed by atoms with Crippen LogP contribution in [0.3, 0.4) is 0 Å². The van der Waals surface area contributed by atoms with Gasteiger partial charge in [0.25, 0.3) is 0 Å². The van der Waals surface area contributed by atoms with Crippen molar-refractivity contribution < 1.29 is 5.11 Å². The lowest BCUT2D eigenvalue weighted by Crippen LogP contribution is -2.34. The number of benzene rings is 1. The zero-order valence-electron chi connectivity index (χ0n) is 8.02. The Morgan fingerprint density at radius 3 is 2.57 bits per heavy atom. The zero-order chi connectivity index (χ0) is 9.10. The lowest BCUT2D eigenvalue weighted by Gasteiger charge is -2.27. The topological polar surface area (TPSA) is 32.3 Å². The zero-order valence-corrected chi connectivity index (χ0v) is 8.83. The van der Waals surface area contributed by atoms with Gasteiger partial charge in [-0.3, -0.25) is 0 Å². The first-order valence-electron chi connectivity index (χ1n) is 4.82. The molecule has 78 valence electrons. The summed E-state index contributed by atoms with van der Waals surface area (Å²) >= 11 is 0. The average molecular weight is 214 g/mol. The maximum Gasteiger partial charge on any atom is 0.0570 e. The first-order valence-corrected chi connectivity index (χ1v) is 4.82. The molecule has 0 aromatic heterocycles. The Hall–Kier alpha value is -0.570. The molecule has 0 saturated carbocycles. The van der Waals surface area contributed by atoms with E-state index in [4.69, 9.17) is 0 Å². The maximum atomic E-state index is 9.50. The molecule has 2 nitrogen and oxygen atoms in total. The van der Waals surface area contributed by atoms with Crippen molar-refractivity contribution in [1.82, 2.24) is 5.32 Å². The summed E-state index contributed by atoms with van der Waals surface area (Å²) in [5.41, 5.74) is 1.28. The Morgan fingerprint density at radius 1 is 1.21 bits per heavy atom. The lowest BCUT2D eigenvalue weighted by molar-refractivity contribution is 0.117. The van der Waals surface area contributed by atoms with Crippen molar-refractivity contribution in [3.63, 3.8) is 0 Å². The van der Waals surface area contributed by atoms with Crippen molar-refractivity contribution in [3.8, 4) is 0 Å². The van der Waals surface area contributed by atoms with Crippen LogP contribution in [0.15, 0.2) is 30.3 Å². The number of piperidine rings is 1. The quantitative estimate of drug-likeness (QED) is 0.747. The summed E-state index contributed by atoms with van der Waals surface area (Å²) in [4.78, 5) is 0. The molecule has 2 N–H and O–H groups in total. The van der Waals surface area contributed by atoms with Crippen LogP contribution < -0.4 is 5.32 Å². The molecule has 0 spiro atoms. The molecule has 1 saturated heterocycles. The minimum atomic E-state index is -0.133. The van der Waals surface area contributed by atoms with Crippen LogP contribution in [0.2, 0.25) is 0 Å². The lowest BCUT2D eigenvalue weighted by atomic mass is 9.96. The van der Waals surface area contributed by atoms with Crippen LogP contribution in [0.1, 0.15) is 24.4 Å². The third kappa shape index (κ3) is 2.71. The van der Waals surface area contributed by atoms with Gasteiger partial charge in [-0.25, -0.2) is 0 Å². The second kappa shape index (κ2) is 5.35. The Kier molecular flexibility index (Phi) is 4.39. The molecule has 1 aliphatic rings. The maximum absolute atomic E-state index is 9.50. The smallest absolute Gasteiger partial charge is 0.0570 e. The van der Waals surface area contributed by atoms with E-state index in [1.165, 1.54) is 5.56 Å². The molecule has 1 fully saturated rings. The molecule has 2 rings (SSSR count). The number of halogens is 1. The SMILES string of the molecule is Cl.O[C@@H]1CCN[C@H](c2ccccc2)C1. The van der Waals surface area contributed by atoms with E-state index in [2.05, 4.69) is 17.4 Å².